The minimum atomic E-state index is -2.78. The molecule has 2 atom stereocenters. The van der Waals surface area contributed by atoms with E-state index in [0.29, 0.717) is 0 Å². The molecule has 6 heterocycles. The van der Waals surface area contributed by atoms with Gasteiger partial charge >= 0.3 is 15.2 Å². The fourth-order valence-corrected chi connectivity index (χ4v) is 20.1. The van der Waals surface area contributed by atoms with E-state index in [0.717, 1.165) is 75.0 Å². The maximum absolute atomic E-state index is 6.98. The first kappa shape index (κ1) is 22.3. The highest BCUT2D eigenvalue weighted by Gasteiger charge is 2.56. The topological polar surface area (TPSA) is 68.5 Å². The van der Waals surface area contributed by atoms with Crippen molar-refractivity contribution in [3.05, 3.63) is 48.5 Å². The molecule has 2 bridgehead atoms. The Labute approximate surface area is 213 Å². The molecule has 2 aromatic rings. The van der Waals surface area contributed by atoms with E-state index in [1.807, 2.05) is 0 Å². The zero-order chi connectivity index (χ0) is 23.8. The molecule has 6 aliphatic heterocycles. The SMILES string of the molecule is c1ccc2c(c1)OP13=NP4(=NP(N5CCCC5)(N5CCCC5)=N1)Oc1ccccc1N4CCCCN23. The van der Waals surface area contributed by atoms with Crippen molar-refractivity contribution in [1.29, 1.82) is 0 Å². The van der Waals surface area contributed by atoms with Crippen LogP contribution in [0.25, 0.3) is 0 Å². The third-order valence-electron chi connectivity index (χ3n) is 7.98. The summed E-state index contributed by atoms with van der Waals surface area (Å²) >= 11 is 0. The normalized spacial score (nSPS) is 32.3. The molecule has 0 saturated carbocycles. The smallest absolute Gasteiger partial charge is 0.363 e. The minimum Gasteiger partial charge on any atom is -0.424 e. The first-order valence-corrected chi connectivity index (χ1v) is 18.0. The lowest BCUT2D eigenvalue weighted by Gasteiger charge is -2.43. The Morgan fingerprint density at radius 1 is 0.528 bits per heavy atom. The molecule has 2 spiro atoms. The Kier molecular flexibility index (Phi) is 5.02. The van der Waals surface area contributed by atoms with Crippen molar-refractivity contribution in [3.63, 3.8) is 0 Å². The number of hydrogen-bond donors (Lipinski definition) is 0. The Bertz CT molecular complexity index is 1320. The highest BCUT2D eigenvalue weighted by atomic mass is 31.3. The Balaban J connectivity index is 1.46. The summed E-state index contributed by atoms with van der Waals surface area (Å²) < 4.78 is 41.3. The summed E-state index contributed by atoms with van der Waals surface area (Å²) in [5.74, 6) is 1.81. The lowest BCUT2D eigenvalue weighted by atomic mass is 10.2. The van der Waals surface area contributed by atoms with Crippen LogP contribution in [0.2, 0.25) is 0 Å². The molecule has 6 aliphatic rings. The van der Waals surface area contributed by atoms with E-state index in [1.165, 1.54) is 25.7 Å². The molecular weight excluding hydrogens is 511 g/mol. The predicted octanol–water partition coefficient (Wildman–Crippen LogP) is 7.62. The largest absolute Gasteiger partial charge is 0.424 e. The molecule has 8 rings (SSSR count). The van der Waals surface area contributed by atoms with Gasteiger partial charge in [0.1, 0.15) is 0 Å². The molecule has 190 valence electrons. The van der Waals surface area contributed by atoms with Gasteiger partial charge in [-0.2, -0.15) is 9.03 Å². The molecule has 9 nitrogen and oxygen atoms in total. The van der Waals surface area contributed by atoms with E-state index in [9.17, 15) is 0 Å². The van der Waals surface area contributed by atoms with Crippen LogP contribution in [0.1, 0.15) is 38.5 Å². The number of rotatable bonds is 2. The van der Waals surface area contributed by atoms with Gasteiger partial charge in [-0.15, -0.1) is 4.52 Å². The van der Waals surface area contributed by atoms with E-state index in [-0.39, 0.29) is 0 Å². The molecule has 0 aromatic heterocycles. The molecule has 0 radical (unpaired) electrons. The number of anilines is 2. The lowest BCUT2D eigenvalue weighted by Crippen LogP contribution is -2.30. The summed E-state index contributed by atoms with van der Waals surface area (Å²) in [5, 5.41) is 0. The number of fused-ring (bicyclic) bond motifs is 4. The van der Waals surface area contributed by atoms with Crippen LogP contribution in [0, 0.1) is 0 Å². The number of para-hydroxylation sites is 4. The second-order valence-electron chi connectivity index (χ2n) is 10.2. The van der Waals surface area contributed by atoms with Crippen molar-refractivity contribution in [1.82, 2.24) is 9.34 Å². The van der Waals surface area contributed by atoms with Gasteiger partial charge in [-0.05, 0) is 62.8 Å². The highest BCUT2D eigenvalue weighted by molar-refractivity contribution is 7.84. The summed E-state index contributed by atoms with van der Waals surface area (Å²) in [6.07, 6.45) is 6.91. The Morgan fingerprint density at radius 3 is 1.50 bits per heavy atom. The first-order valence-electron chi connectivity index (χ1n) is 13.3. The third kappa shape index (κ3) is 3.07. The molecule has 2 unspecified atom stereocenters. The average Bonchev–Trinajstić information content (AvgIpc) is 3.68. The van der Waals surface area contributed by atoms with Crippen LogP contribution < -0.4 is 18.4 Å². The molecule has 0 amide bonds. The van der Waals surface area contributed by atoms with Crippen LogP contribution in [-0.2, 0) is 0 Å². The van der Waals surface area contributed by atoms with Crippen LogP contribution >= 0.6 is 22.7 Å². The van der Waals surface area contributed by atoms with Crippen LogP contribution in [0.5, 0.6) is 11.5 Å². The zero-order valence-corrected chi connectivity index (χ0v) is 23.1. The fraction of sp³-hybridized carbons (Fsp3) is 0.500. The summed E-state index contributed by atoms with van der Waals surface area (Å²) in [6.45, 7) is 5.95. The van der Waals surface area contributed by atoms with Gasteiger partial charge in [0.15, 0.2) is 11.5 Å². The van der Waals surface area contributed by atoms with Crippen LogP contribution in [0.3, 0.4) is 0 Å². The van der Waals surface area contributed by atoms with Gasteiger partial charge in [-0.1, -0.05) is 24.3 Å². The van der Waals surface area contributed by atoms with E-state index < -0.39 is 22.7 Å². The average molecular weight is 543 g/mol. The van der Waals surface area contributed by atoms with Gasteiger partial charge in [-0.25, -0.2) is 9.34 Å². The minimum absolute atomic E-state index is 0.896. The standard InChI is InChI=1S/C24H32N7O2P3/c1-3-13-23-21(11-1)30-19-9-10-20-31-22-12-2-4-14-24(22)33-36(31)26-34(28-15-5-6-16-28,29-17-7-8-18-29)25-35(30,27-36)32-23/h1-4,11-14H,5-10,15-20H2. The predicted molar refractivity (Wildman–Crippen MR) is 148 cm³/mol. The van der Waals surface area contributed by atoms with E-state index >= 15 is 0 Å². The maximum atomic E-state index is 6.98. The van der Waals surface area contributed by atoms with E-state index in [4.69, 9.17) is 22.6 Å². The number of benzene rings is 2. The Hall–Kier alpha value is -1.75. The lowest BCUT2D eigenvalue weighted by molar-refractivity contribution is 0.463. The summed E-state index contributed by atoms with van der Waals surface area (Å²) in [5.41, 5.74) is 2.26. The number of nitrogens with zero attached hydrogens (tertiary/aromatic N) is 7. The van der Waals surface area contributed by atoms with Crippen LogP contribution in [-0.4, -0.2) is 48.6 Å². The van der Waals surface area contributed by atoms with Gasteiger partial charge in [0.05, 0.1) is 11.4 Å². The molecule has 36 heavy (non-hydrogen) atoms. The van der Waals surface area contributed by atoms with Crippen molar-refractivity contribution < 1.29 is 9.05 Å². The van der Waals surface area contributed by atoms with Gasteiger partial charge in [0.25, 0.3) is 0 Å². The second-order valence-corrected chi connectivity index (χ2v) is 18.0. The van der Waals surface area contributed by atoms with Crippen molar-refractivity contribution in [3.8, 4) is 11.5 Å². The monoisotopic (exact) mass is 543 g/mol. The summed E-state index contributed by atoms with van der Waals surface area (Å²) in [6, 6.07) is 16.8. The van der Waals surface area contributed by atoms with E-state index in [2.05, 4.69) is 67.2 Å². The van der Waals surface area contributed by atoms with Crippen molar-refractivity contribution in [2.45, 2.75) is 38.5 Å². The van der Waals surface area contributed by atoms with Crippen molar-refractivity contribution in [2.75, 3.05) is 48.6 Å². The third-order valence-corrected chi connectivity index (χ3v) is 18.9. The number of hydrogen-bond acceptors (Lipinski definition) is 9. The van der Waals surface area contributed by atoms with Gasteiger partial charge in [0, 0.05) is 39.3 Å². The van der Waals surface area contributed by atoms with Crippen LogP contribution in [0.15, 0.2) is 62.1 Å². The molecule has 12 heteroatoms. The maximum Gasteiger partial charge on any atom is 0.363 e. The van der Waals surface area contributed by atoms with Crippen LogP contribution in [0.4, 0.5) is 11.4 Å². The quantitative estimate of drug-likeness (QED) is 0.363. The van der Waals surface area contributed by atoms with Crippen molar-refractivity contribution in [2.24, 2.45) is 13.5 Å². The summed E-state index contributed by atoms with van der Waals surface area (Å²) in [4.78, 5) is 0. The molecule has 0 N–H and O–H groups in total. The van der Waals surface area contributed by atoms with Gasteiger partial charge in [0.2, 0.25) is 7.51 Å². The van der Waals surface area contributed by atoms with Gasteiger partial charge < -0.3 is 9.05 Å². The molecular formula is C24H32N7O2P3. The highest BCUT2D eigenvalue weighted by Crippen LogP contribution is 2.86. The summed E-state index contributed by atoms with van der Waals surface area (Å²) in [7, 11) is -8.01. The second kappa shape index (κ2) is 8.12. The Morgan fingerprint density at radius 2 is 0.972 bits per heavy atom. The molecule has 2 saturated heterocycles. The zero-order valence-electron chi connectivity index (χ0n) is 20.4. The molecule has 0 aliphatic carbocycles. The fourth-order valence-electron chi connectivity index (χ4n) is 6.29. The molecule has 2 fully saturated rings. The first-order chi connectivity index (χ1) is 17.7. The van der Waals surface area contributed by atoms with Crippen molar-refractivity contribution >= 4 is 34.0 Å². The van der Waals surface area contributed by atoms with E-state index in [1.54, 1.807) is 0 Å². The van der Waals surface area contributed by atoms with Gasteiger partial charge in [-0.3, -0.25) is 9.34 Å². The molecule has 2 aromatic carbocycles.